The van der Waals surface area contributed by atoms with Gasteiger partial charge in [-0.3, -0.25) is 4.79 Å². The Hall–Kier alpha value is -0.740. The normalized spacial score (nSPS) is 33.1. The van der Waals surface area contributed by atoms with Crippen molar-refractivity contribution in [2.24, 2.45) is 0 Å². The zero-order valence-corrected chi connectivity index (χ0v) is 11.5. The van der Waals surface area contributed by atoms with Gasteiger partial charge >= 0.3 is 14.6 Å². The first-order chi connectivity index (χ1) is 8.63. The molecule has 3 unspecified atom stereocenters. The summed E-state index contributed by atoms with van der Waals surface area (Å²) in [5, 5.41) is 0. The van der Waals surface area contributed by atoms with Crippen LogP contribution in [0.3, 0.4) is 0 Å². The largest absolute Gasteiger partial charge is 0.459 e. The fourth-order valence-electron chi connectivity index (χ4n) is 1.81. The van der Waals surface area contributed by atoms with Crippen molar-refractivity contribution in [1.29, 1.82) is 0 Å². The molecular weight excluding hydrogens is 255 g/mol. The Morgan fingerprint density at radius 2 is 2.39 bits per heavy atom. The Balaban J connectivity index is 1.88. The van der Waals surface area contributed by atoms with Gasteiger partial charge in [0, 0.05) is 13.3 Å². The first-order valence-corrected chi connectivity index (χ1v) is 7.21. The zero-order valence-electron chi connectivity index (χ0n) is 10.5. The van der Waals surface area contributed by atoms with E-state index in [0.29, 0.717) is 6.61 Å². The summed E-state index contributed by atoms with van der Waals surface area (Å²) in [5.41, 5.74) is 0. The lowest BCUT2D eigenvalue weighted by atomic mass is 10.1. The summed E-state index contributed by atoms with van der Waals surface area (Å²) in [6, 6.07) is 0. The molecule has 0 aromatic carbocycles. The maximum atomic E-state index is 10.8. The monoisotopic (exact) mass is 273 g/mol. The first kappa shape index (κ1) is 13.7. The van der Waals surface area contributed by atoms with Gasteiger partial charge in [-0.25, -0.2) is 0 Å². The van der Waals surface area contributed by atoms with Crippen LogP contribution < -0.4 is 0 Å². The molecule has 0 spiro atoms. The molecule has 2 heterocycles. The van der Waals surface area contributed by atoms with Gasteiger partial charge in [-0.1, -0.05) is 18.2 Å². The molecule has 0 aromatic heterocycles. The van der Waals surface area contributed by atoms with Crippen molar-refractivity contribution in [2.45, 2.75) is 38.6 Å². The van der Waals surface area contributed by atoms with Crippen molar-refractivity contribution in [3.63, 3.8) is 0 Å². The van der Waals surface area contributed by atoms with Gasteiger partial charge in [0.15, 0.2) is 0 Å². The highest BCUT2D eigenvalue weighted by Gasteiger charge is 2.37. The van der Waals surface area contributed by atoms with Crippen molar-refractivity contribution < 1.29 is 23.1 Å². The Morgan fingerprint density at radius 3 is 3.17 bits per heavy atom. The number of carbonyl (C=O) groups is 1. The van der Waals surface area contributed by atoms with Gasteiger partial charge in [0.2, 0.25) is 0 Å². The Kier molecular flexibility index (Phi) is 4.89. The number of hydrogen-bond acceptors (Lipinski definition) is 5. The van der Waals surface area contributed by atoms with Gasteiger partial charge in [0.25, 0.3) is 0 Å². The molecule has 0 saturated carbocycles. The maximum Gasteiger partial charge on any atom is 0.399 e. The van der Waals surface area contributed by atoms with Gasteiger partial charge in [-0.05, 0) is 13.0 Å². The van der Waals surface area contributed by atoms with E-state index in [1.807, 2.05) is 31.2 Å². The number of fused-ring (bicyclic) bond motifs is 2. The Labute approximate surface area is 108 Å². The highest BCUT2D eigenvalue weighted by atomic mass is 31.2. The van der Waals surface area contributed by atoms with Crippen molar-refractivity contribution in [1.82, 2.24) is 0 Å². The van der Waals surface area contributed by atoms with Gasteiger partial charge < -0.3 is 4.74 Å². The van der Waals surface area contributed by atoms with Crippen LogP contribution in [0.4, 0.5) is 0 Å². The van der Waals surface area contributed by atoms with E-state index < -0.39 is 8.60 Å². The van der Waals surface area contributed by atoms with Crippen LogP contribution in [0.2, 0.25) is 0 Å². The van der Waals surface area contributed by atoms with E-state index in [2.05, 4.69) is 0 Å². The molecule has 0 N–H and O–H groups in total. The number of hydrogen-bond donors (Lipinski definition) is 0. The molecule has 0 aliphatic carbocycles. The third kappa shape index (κ3) is 4.18. The smallest absolute Gasteiger partial charge is 0.399 e. The van der Waals surface area contributed by atoms with Crippen molar-refractivity contribution in [3.8, 4) is 0 Å². The fourth-order valence-corrected chi connectivity index (χ4v) is 3.08. The molecule has 2 aliphatic rings. The van der Waals surface area contributed by atoms with Crippen LogP contribution in [0.25, 0.3) is 0 Å². The van der Waals surface area contributed by atoms with E-state index in [1.165, 1.54) is 6.92 Å². The molecule has 2 bridgehead atoms. The van der Waals surface area contributed by atoms with Crippen LogP contribution in [-0.4, -0.2) is 30.9 Å². The van der Waals surface area contributed by atoms with Gasteiger partial charge in [0.1, 0.15) is 24.9 Å². The summed E-state index contributed by atoms with van der Waals surface area (Å²) in [7, 11) is -1.62. The third-order valence-corrected chi connectivity index (χ3v) is 3.95. The molecule has 6 heteroatoms. The van der Waals surface area contributed by atoms with Crippen LogP contribution in [0, 0.1) is 0 Å². The third-order valence-electron chi connectivity index (χ3n) is 2.56. The second-order valence-electron chi connectivity index (χ2n) is 4.24. The minimum Gasteiger partial charge on any atom is -0.459 e. The summed E-state index contributed by atoms with van der Waals surface area (Å²) >= 11 is 0. The average Bonchev–Trinajstić information content (AvgIpc) is 2.47. The van der Waals surface area contributed by atoms with Gasteiger partial charge in [-0.15, -0.1) is 0 Å². The van der Waals surface area contributed by atoms with E-state index in [4.69, 9.17) is 18.3 Å². The molecule has 2 aliphatic heterocycles. The second-order valence-corrected chi connectivity index (χ2v) is 5.50. The summed E-state index contributed by atoms with van der Waals surface area (Å²) in [6.07, 6.45) is 8.25. The fraction of sp³-hybridized carbons (Fsp3) is 0.583. The van der Waals surface area contributed by atoms with Crippen LogP contribution in [0.1, 0.15) is 20.3 Å². The molecular formula is C12H18O5P+. The van der Waals surface area contributed by atoms with Gasteiger partial charge in [0.05, 0.1) is 0 Å². The summed E-state index contributed by atoms with van der Waals surface area (Å²) in [6.45, 7) is 3.76. The van der Waals surface area contributed by atoms with Crippen LogP contribution in [0.5, 0.6) is 0 Å². The predicted molar refractivity (Wildman–Crippen MR) is 68.1 cm³/mol. The number of esters is 1. The summed E-state index contributed by atoms with van der Waals surface area (Å²) < 4.78 is 21.7. The van der Waals surface area contributed by atoms with E-state index >= 15 is 0 Å². The highest BCUT2D eigenvalue weighted by molar-refractivity contribution is 7.41. The molecule has 1 fully saturated rings. The Morgan fingerprint density at radius 1 is 1.56 bits per heavy atom. The second kappa shape index (κ2) is 6.43. The lowest BCUT2D eigenvalue weighted by Crippen LogP contribution is -2.24. The minimum atomic E-state index is -1.62. The highest BCUT2D eigenvalue weighted by Crippen LogP contribution is 2.48. The van der Waals surface area contributed by atoms with Crippen molar-refractivity contribution in [3.05, 3.63) is 24.3 Å². The first-order valence-electron chi connectivity index (χ1n) is 5.99. The quantitative estimate of drug-likeness (QED) is 0.448. The average molecular weight is 273 g/mol. The maximum absolute atomic E-state index is 10.8. The summed E-state index contributed by atoms with van der Waals surface area (Å²) in [5.74, 6) is -0.285. The molecule has 2 rings (SSSR count). The lowest BCUT2D eigenvalue weighted by molar-refractivity contribution is -0.143. The topological polar surface area (TPSA) is 54.0 Å². The number of carbonyl (C=O) groups excluding carboxylic acids is 1. The number of ether oxygens (including phenoxy) is 1. The molecule has 5 nitrogen and oxygen atoms in total. The molecule has 1 saturated heterocycles. The van der Waals surface area contributed by atoms with E-state index in [9.17, 15) is 4.79 Å². The SMILES string of the molecule is CC(=O)OC(C)/C=C/C1C[C@@H]2C=CCO[PH+](O1)O2. The van der Waals surface area contributed by atoms with E-state index in [1.54, 1.807) is 0 Å². The van der Waals surface area contributed by atoms with E-state index in [0.717, 1.165) is 6.42 Å². The molecule has 0 radical (unpaired) electrons. The molecule has 18 heavy (non-hydrogen) atoms. The van der Waals surface area contributed by atoms with Crippen molar-refractivity contribution in [2.75, 3.05) is 6.61 Å². The zero-order chi connectivity index (χ0) is 13.0. The molecule has 0 amide bonds. The number of rotatable bonds is 3. The molecule has 0 aromatic rings. The Bertz CT molecular complexity index is 354. The van der Waals surface area contributed by atoms with Crippen molar-refractivity contribution >= 4 is 14.6 Å². The van der Waals surface area contributed by atoms with Crippen LogP contribution in [-0.2, 0) is 23.1 Å². The lowest BCUT2D eigenvalue weighted by Gasteiger charge is -2.22. The predicted octanol–water partition coefficient (Wildman–Crippen LogP) is 2.21. The molecule has 100 valence electrons. The standard InChI is InChI=1S/C12H18O5P/c1-9(15-10(2)13)5-6-12-8-11-4-3-7-14-18(16-11)17-12/h3-6,9,11-12,18H,7-8H2,1-2H3/q+1/b6-5+/t9?,11-,12?/m0/s1. The molecule has 4 atom stereocenters. The van der Waals surface area contributed by atoms with Crippen LogP contribution in [0.15, 0.2) is 24.3 Å². The van der Waals surface area contributed by atoms with Crippen LogP contribution >= 0.6 is 8.60 Å². The summed E-state index contributed by atoms with van der Waals surface area (Å²) in [4.78, 5) is 10.8. The van der Waals surface area contributed by atoms with E-state index in [-0.39, 0.29) is 24.3 Å². The van der Waals surface area contributed by atoms with Gasteiger partial charge in [-0.2, -0.15) is 13.6 Å². The minimum absolute atomic E-state index is 0.0432.